The van der Waals surface area contributed by atoms with Gasteiger partial charge in [-0.25, -0.2) is 26.8 Å². The van der Waals surface area contributed by atoms with Gasteiger partial charge in [0, 0.05) is 16.3 Å². The Morgan fingerprint density at radius 1 is 0.857 bits per heavy atom. The monoisotopic (exact) mass is 917 g/mol. The Labute approximate surface area is 403 Å². The van der Waals surface area contributed by atoms with Crippen LogP contribution in [-0.4, -0.2) is 54.7 Å². The summed E-state index contributed by atoms with van der Waals surface area (Å²) in [6, 6.07) is 12.3. The van der Waals surface area contributed by atoms with Gasteiger partial charge in [-0.15, -0.1) is 9.45 Å². The zero-order valence-corrected chi connectivity index (χ0v) is 38.9. The maximum Gasteiger partial charge on any atom is 1.00 e. The molecular formula is C28H20Cl2N5Na3O14S4. The molecule has 0 fully saturated rings. The number of rotatable bonds is 15. The van der Waals surface area contributed by atoms with Crippen molar-refractivity contribution in [2.75, 3.05) is 17.7 Å². The number of halogens is 2. The summed E-state index contributed by atoms with van der Waals surface area (Å²) >= 11 is 12.1. The third kappa shape index (κ3) is 13.4. The van der Waals surface area contributed by atoms with Crippen LogP contribution >= 0.6 is 47.6 Å². The minimum absolute atomic E-state index is 0. The van der Waals surface area contributed by atoms with Gasteiger partial charge < -0.3 is 25.5 Å². The Balaban J connectivity index is 0.00000392. The van der Waals surface area contributed by atoms with Crippen molar-refractivity contribution < 1.29 is 153 Å². The molecule has 0 aliphatic rings. The van der Waals surface area contributed by atoms with Crippen LogP contribution in [0.15, 0.2) is 85.6 Å². The van der Waals surface area contributed by atoms with Gasteiger partial charge in [-0.2, -0.15) is 9.45 Å². The molecule has 0 radical (unpaired) electrons. The second-order valence-electron chi connectivity index (χ2n) is 9.78. The maximum atomic E-state index is 13.2. The fourth-order valence-corrected chi connectivity index (χ4v) is 7.46. The van der Waals surface area contributed by atoms with E-state index in [4.69, 9.17) is 27.4 Å². The van der Waals surface area contributed by atoms with E-state index < -0.39 is 53.3 Å². The second kappa shape index (κ2) is 23.9. The van der Waals surface area contributed by atoms with E-state index in [2.05, 4.69) is 44.3 Å². The molecule has 0 saturated carbocycles. The number of amides is 1. The first-order valence-corrected chi connectivity index (χ1v) is 18.8. The Kier molecular flexibility index (Phi) is 22.7. The summed E-state index contributed by atoms with van der Waals surface area (Å²) < 4.78 is 75.8. The van der Waals surface area contributed by atoms with E-state index in [1.54, 1.807) is 0 Å². The Morgan fingerprint density at radius 3 is 2.12 bits per heavy atom. The molecule has 5 rings (SSSR count). The number of fused-ring (bicyclic) bond motifs is 2. The van der Waals surface area contributed by atoms with Crippen molar-refractivity contribution in [3.8, 4) is 5.75 Å². The van der Waals surface area contributed by atoms with Crippen molar-refractivity contribution in [1.82, 2.24) is 9.97 Å². The fourth-order valence-electron chi connectivity index (χ4n) is 4.47. The number of aromatic nitrogens is 2. The molecular weight excluding hydrogens is 898 g/mol. The zero-order valence-electron chi connectivity index (χ0n) is 28.1. The molecule has 282 valence electrons. The van der Waals surface area contributed by atoms with E-state index in [1.165, 1.54) is 48.5 Å². The van der Waals surface area contributed by atoms with Gasteiger partial charge in [0.15, 0.2) is 38.2 Å². The van der Waals surface area contributed by atoms with Crippen molar-refractivity contribution in [1.29, 1.82) is 0 Å². The molecule has 0 aliphatic heterocycles. The van der Waals surface area contributed by atoms with Crippen molar-refractivity contribution in [2.24, 2.45) is 10.2 Å². The molecule has 4 aromatic carbocycles. The van der Waals surface area contributed by atoms with Gasteiger partial charge in [0.2, 0.25) is 0 Å². The van der Waals surface area contributed by atoms with Gasteiger partial charge in [0.05, 0.1) is 61.5 Å². The summed E-state index contributed by atoms with van der Waals surface area (Å²) in [6.07, 6.45) is 0. The topological polar surface area (TPSA) is 283 Å². The number of phenolic OH excluding ortho intramolecular Hbond substituents is 1. The van der Waals surface area contributed by atoms with Gasteiger partial charge in [-0.3, -0.25) is 19.1 Å². The van der Waals surface area contributed by atoms with Gasteiger partial charge in [-0.1, -0.05) is 30.6 Å². The molecule has 1 amide bonds. The molecule has 0 saturated heterocycles. The summed E-state index contributed by atoms with van der Waals surface area (Å²) in [5.41, 5.74) is -0.305. The third-order valence-electron chi connectivity index (χ3n) is 6.68. The molecule has 1 aromatic heterocycles. The van der Waals surface area contributed by atoms with Crippen LogP contribution in [-0.2, 0) is 42.9 Å². The summed E-state index contributed by atoms with van der Waals surface area (Å²) in [5, 5.41) is 47.5. The number of hydrogen-bond acceptors (Lipinski definition) is 20. The van der Waals surface area contributed by atoms with Gasteiger partial charge in [-0.05, 0) is 60.7 Å². The number of phenols is 1. The number of nitrogens with one attached hydrogen (secondary N) is 1. The number of carbonyl (C=O) groups excluding carboxylic acids is 1. The van der Waals surface area contributed by atoms with Crippen LogP contribution in [0, 0.1) is 0 Å². The van der Waals surface area contributed by atoms with Gasteiger partial charge >= 0.3 is 88.7 Å². The fraction of sp³-hybridized carbons (Fsp3) is 0.107. The number of sulfone groups is 1. The van der Waals surface area contributed by atoms with E-state index in [-0.39, 0.29) is 175 Å². The number of carbonyl (C=O) groups is 1. The van der Waals surface area contributed by atoms with Gasteiger partial charge in [0.1, 0.15) is 15.8 Å². The molecule has 28 heteroatoms. The molecule has 0 bridgehead atoms. The first-order valence-electron chi connectivity index (χ1n) is 13.6. The summed E-state index contributed by atoms with van der Waals surface area (Å²) in [4.78, 5) is 20.0. The van der Waals surface area contributed by atoms with E-state index >= 15 is 0 Å². The average molecular weight is 919 g/mol. The first-order chi connectivity index (χ1) is 24.7. The van der Waals surface area contributed by atoms with E-state index in [1.807, 2.05) is 0 Å². The largest absolute Gasteiger partial charge is 1.00 e. The number of benzene rings is 4. The molecule has 0 spiro atoms. The van der Waals surface area contributed by atoms with Crippen molar-refractivity contribution >= 4 is 112 Å². The molecule has 0 unspecified atom stereocenters. The van der Waals surface area contributed by atoms with Crippen LogP contribution in [0.1, 0.15) is 17.8 Å². The predicted octanol–water partition coefficient (Wildman–Crippen LogP) is -4.18. The van der Waals surface area contributed by atoms with E-state index in [0.29, 0.717) is 5.52 Å². The van der Waals surface area contributed by atoms with Crippen LogP contribution in [0.4, 0.5) is 17.1 Å². The standard InChI is InChI=1S/C27H19Cl2N5O14S4.CH4.3Na/c28-25-26(29)31-20-11-13(1-7-18(20)30-25)27(36)32-19-8-6-16-17(24(19)52(41,42)43)12-21(49-47-45-37)22(23(16)35)34-33-14-2-4-15(5-3-14)51(39,40)10-9-44-50-48-46-38;;;;/h1-8,11-12,35,37-38H,9-10H2,(H,32,36)(H,41,42,43);1H4;;;/q;;3*+1/p-3. The van der Waals surface area contributed by atoms with Crippen LogP contribution in [0.2, 0.25) is 10.3 Å². The molecule has 0 aliphatic carbocycles. The number of aromatic hydroxyl groups is 1. The minimum atomic E-state index is -5.39. The van der Waals surface area contributed by atoms with Crippen LogP contribution in [0.5, 0.6) is 5.75 Å². The summed E-state index contributed by atoms with van der Waals surface area (Å²) in [6.45, 7) is -0.344. The van der Waals surface area contributed by atoms with Crippen LogP contribution in [0.25, 0.3) is 21.8 Å². The van der Waals surface area contributed by atoms with E-state index in [0.717, 1.165) is 12.1 Å². The van der Waals surface area contributed by atoms with Crippen molar-refractivity contribution in [3.63, 3.8) is 0 Å². The van der Waals surface area contributed by atoms with Crippen molar-refractivity contribution in [2.45, 2.75) is 22.1 Å². The molecule has 19 nitrogen and oxygen atoms in total. The maximum absolute atomic E-state index is 13.2. The molecule has 2 N–H and O–H groups in total. The molecule has 0 atom stereocenters. The third-order valence-corrected chi connectivity index (χ3v) is 10.9. The Bertz CT molecular complexity index is 2430. The molecule has 56 heavy (non-hydrogen) atoms. The number of nitrogens with zero attached hydrogens (tertiary/aromatic N) is 4. The quantitative estimate of drug-likeness (QED) is 0.0192. The molecule has 1 heterocycles. The second-order valence-corrected chi connectivity index (χ2v) is 15.2. The zero-order chi connectivity index (χ0) is 37.6. The first kappa shape index (κ1) is 53.2. The minimum Gasteiger partial charge on any atom is -0.744 e. The van der Waals surface area contributed by atoms with Crippen LogP contribution in [0.3, 0.4) is 0 Å². The summed E-state index contributed by atoms with van der Waals surface area (Å²) in [7, 11) is -9.23. The average Bonchev–Trinajstić information content (AvgIpc) is 3.10. The normalized spacial score (nSPS) is 11.4. The SMILES string of the molecule is C.O=C(Nc1ccc2c(O)c(N=Nc3ccc(S(=O)(=O)CCOSOO[O-])cc3)c(SOO[O-])cc2c1S(=O)(=O)[O-])c1ccc2nc(Cl)c(Cl)nc2c1.[Na+].[Na+].[Na+]. The van der Waals surface area contributed by atoms with Crippen molar-refractivity contribution in [3.05, 3.63) is 76.5 Å². The van der Waals surface area contributed by atoms with Crippen LogP contribution < -0.4 is 105 Å². The van der Waals surface area contributed by atoms with E-state index in [9.17, 15) is 41.8 Å². The summed E-state index contributed by atoms with van der Waals surface area (Å²) in [5.74, 6) is -2.07. The smallest absolute Gasteiger partial charge is 0.744 e. The Hall–Kier alpha value is -0.790. The number of hydrogen-bond donors (Lipinski definition) is 2. The number of anilines is 1. The predicted molar refractivity (Wildman–Crippen MR) is 184 cm³/mol. The molecule has 5 aromatic rings. The van der Waals surface area contributed by atoms with Gasteiger partial charge in [0.25, 0.3) is 5.91 Å². The Morgan fingerprint density at radius 2 is 1.50 bits per heavy atom. The number of azo groups is 1.